The molecule has 2 rings (SSSR count). The van der Waals surface area contributed by atoms with E-state index in [4.69, 9.17) is 16.7 Å². The summed E-state index contributed by atoms with van der Waals surface area (Å²) in [5, 5.41) is 21.2. The number of carboxylic acids is 1. The molecule has 7 heteroatoms. The van der Waals surface area contributed by atoms with Crippen LogP contribution in [0, 0.1) is 0 Å². The quantitative estimate of drug-likeness (QED) is 0.806. The van der Waals surface area contributed by atoms with E-state index < -0.39 is 11.9 Å². The van der Waals surface area contributed by atoms with Gasteiger partial charge in [-0.1, -0.05) is 11.6 Å². The monoisotopic (exact) mass is 292 g/mol. The Morgan fingerprint density at radius 3 is 2.60 bits per heavy atom. The van der Waals surface area contributed by atoms with E-state index in [1.165, 1.54) is 36.5 Å². The molecular formula is C13H9ClN2O4. The zero-order valence-corrected chi connectivity index (χ0v) is 10.8. The maximum absolute atomic E-state index is 12.0. The first kappa shape index (κ1) is 13.8. The van der Waals surface area contributed by atoms with Gasteiger partial charge in [0.15, 0.2) is 0 Å². The summed E-state index contributed by atoms with van der Waals surface area (Å²) in [4.78, 5) is 26.8. The summed E-state index contributed by atoms with van der Waals surface area (Å²) in [5.41, 5.74) is -0.175. The number of hydrogen-bond donors (Lipinski definition) is 3. The van der Waals surface area contributed by atoms with Crippen molar-refractivity contribution in [2.75, 3.05) is 5.32 Å². The molecule has 1 heterocycles. The van der Waals surface area contributed by atoms with Crippen LogP contribution < -0.4 is 5.32 Å². The van der Waals surface area contributed by atoms with E-state index in [9.17, 15) is 14.7 Å². The van der Waals surface area contributed by atoms with Gasteiger partial charge in [-0.25, -0.2) is 9.78 Å². The molecule has 20 heavy (non-hydrogen) atoms. The Labute approximate surface area is 118 Å². The second-order valence-electron chi connectivity index (χ2n) is 3.82. The van der Waals surface area contributed by atoms with Gasteiger partial charge in [-0.2, -0.15) is 0 Å². The summed E-state index contributed by atoms with van der Waals surface area (Å²) in [6.07, 6.45) is 1.35. The predicted molar refractivity (Wildman–Crippen MR) is 72.3 cm³/mol. The number of nitrogens with zero attached hydrogens (tertiary/aromatic N) is 1. The Kier molecular flexibility index (Phi) is 3.86. The highest BCUT2D eigenvalue weighted by molar-refractivity contribution is 6.31. The lowest BCUT2D eigenvalue weighted by Crippen LogP contribution is -2.16. The van der Waals surface area contributed by atoms with Gasteiger partial charge in [0.1, 0.15) is 17.1 Å². The molecule has 0 fully saturated rings. The lowest BCUT2D eigenvalue weighted by molar-refractivity contribution is 0.0697. The normalized spacial score (nSPS) is 10.1. The molecule has 0 bridgehead atoms. The number of rotatable bonds is 3. The number of carboxylic acid groups (broad SMARTS) is 1. The highest BCUT2D eigenvalue weighted by Gasteiger charge is 2.16. The van der Waals surface area contributed by atoms with Crippen LogP contribution in [0.1, 0.15) is 20.7 Å². The average molecular weight is 293 g/mol. The van der Waals surface area contributed by atoms with Gasteiger partial charge >= 0.3 is 5.97 Å². The third-order valence-corrected chi connectivity index (χ3v) is 2.71. The number of amides is 1. The molecule has 0 saturated heterocycles. The van der Waals surface area contributed by atoms with Gasteiger partial charge in [-0.3, -0.25) is 4.79 Å². The summed E-state index contributed by atoms with van der Waals surface area (Å²) < 4.78 is 0. The molecule has 3 N–H and O–H groups in total. The lowest BCUT2D eigenvalue weighted by Gasteiger charge is -2.08. The van der Waals surface area contributed by atoms with Crippen molar-refractivity contribution >= 4 is 29.3 Å². The minimum absolute atomic E-state index is 0.0311. The summed E-state index contributed by atoms with van der Waals surface area (Å²) in [6, 6.07) is 6.74. The highest BCUT2D eigenvalue weighted by atomic mass is 35.5. The molecule has 2 aromatic rings. The first-order valence-corrected chi connectivity index (χ1v) is 5.85. The molecule has 0 spiro atoms. The van der Waals surface area contributed by atoms with Gasteiger partial charge in [0.25, 0.3) is 5.91 Å². The lowest BCUT2D eigenvalue weighted by atomic mass is 10.2. The van der Waals surface area contributed by atoms with Gasteiger partial charge in [-0.05, 0) is 30.3 Å². The summed E-state index contributed by atoms with van der Waals surface area (Å²) >= 11 is 5.67. The molecule has 0 aliphatic heterocycles. The Bertz CT molecular complexity index is 688. The third-order valence-electron chi connectivity index (χ3n) is 2.47. The molecule has 1 amide bonds. The molecule has 0 saturated carbocycles. The maximum Gasteiger partial charge on any atom is 0.339 e. The topological polar surface area (TPSA) is 99.5 Å². The maximum atomic E-state index is 12.0. The standard InChI is InChI=1S/C13H9ClN2O4/c14-7-3-4-8(10(17)6-7)12(18)16-11-9(13(19)20)2-1-5-15-11/h1-6,17H,(H,19,20)(H,15,16,18). The van der Waals surface area contributed by atoms with E-state index >= 15 is 0 Å². The van der Waals surface area contributed by atoms with Crippen LogP contribution in [0.2, 0.25) is 5.02 Å². The summed E-state index contributed by atoms with van der Waals surface area (Å²) in [7, 11) is 0. The van der Waals surface area contributed by atoms with Crippen molar-refractivity contribution in [3.05, 3.63) is 52.7 Å². The van der Waals surface area contributed by atoms with Gasteiger partial charge in [-0.15, -0.1) is 0 Å². The Morgan fingerprint density at radius 2 is 1.95 bits per heavy atom. The van der Waals surface area contributed by atoms with Crippen LogP contribution in [0.25, 0.3) is 0 Å². The van der Waals surface area contributed by atoms with E-state index in [2.05, 4.69) is 10.3 Å². The smallest absolute Gasteiger partial charge is 0.339 e. The van der Waals surface area contributed by atoms with Crippen LogP contribution in [0.4, 0.5) is 5.82 Å². The molecule has 0 atom stereocenters. The zero-order valence-electron chi connectivity index (χ0n) is 10.0. The third kappa shape index (κ3) is 2.86. The van der Waals surface area contributed by atoms with E-state index in [1.54, 1.807) is 0 Å². The molecule has 6 nitrogen and oxygen atoms in total. The molecule has 1 aromatic heterocycles. The van der Waals surface area contributed by atoms with E-state index in [0.717, 1.165) is 0 Å². The Morgan fingerprint density at radius 1 is 1.20 bits per heavy atom. The minimum atomic E-state index is -1.21. The number of anilines is 1. The number of benzene rings is 1. The Hall–Kier alpha value is -2.60. The number of pyridine rings is 1. The summed E-state index contributed by atoms with van der Waals surface area (Å²) in [5.74, 6) is -2.30. The number of aromatic nitrogens is 1. The largest absolute Gasteiger partial charge is 0.507 e. The number of halogens is 1. The van der Waals surface area contributed by atoms with Gasteiger partial charge in [0, 0.05) is 11.2 Å². The van der Waals surface area contributed by atoms with Crippen molar-refractivity contribution in [1.29, 1.82) is 0 Å². The van der Waals surface area contributed by atoms with Gasteiger partial charge in [0.2, 0.25) is 0 Å². The van der Waals surface area contributed by atoms with E-state index in [0.29, 0.717) is 0 Å². The summed E-state index contributed by atoms with van der Waals surface area (Å²) in [6.45, 7) is 0. The molecular weight excluding hydrogens is 284 g/mol. The van der Waals surface area contributed by atoms with Crippen molar-refractivity contribution in [3.8, 4) is 5.75 Å². The minimum Gasteiger partial charge on any atom is -0.507 e. The van der Waals surface area contributed by atoms with Crippen molar-refractivity contribution in [3.63, 3.8) is 0 Å². The van der Waals surface area contributed by atoms with Gasteiger partial charge in [0.05, 0.1) is 5.56 Å². The number of phenols is 1. The van der Waals surface area contributed by atoms with E-state index in [-0.39, 0.29) is 27.7 Å². The van der Waals surface area contributed by atoms with Crippen LogP contribution in [0.3, 0.4) is 0 Å². The van der Waals surface area contributed by atoms with Crippen LogP contribution >= 0.6 is 11.6 Å². The fraction of sp³-hybridized carbons (Fsp3) is 0. The highest BCUT2D eigenvalue weighted by Crippen LogP contribution is 2.23. The van der Waals surface area contributed by atoms with Crippen molar-refractivity contribution < 1.29 is 19.8 Å². The number of hydrogen-bond acceptors (Lipinski definition) is 4. The van der Waals surface area contributed by atoms with Crippen LogP contribution in [-0.2, 0) is 0 Å². The van der Waals surface area contributed by atoms with Crippen LogP contribution in [0.15, 0.2) is 36.5 Å². The van der Waals surface area contributed by atoms with Crippen LogP contribution in [0.5, 0.6) is 5.75 Å². The Balaban J connectivity index is 2.30. The molecule has 0 aliphatic rings. The van der Waals surface area contributed by atoms with Crippen molar-refractivity contribution in [1.82, 2.24) is 4.98 Å². The number of aromatic carboxylic acids is 1. The van der Waals surface area contributed by atoms with Crippen LogP contribution in [-0.4, -0.2) is 27.1 Å². The zero-order chi connectivity index (χ0) is 14.7. The van der Waals surface area contributed by atoms with Crippen molar-refractivity contribution in [2.24, 2.45) is 0 Å². The second kappa shape index (κ2) is 5.58. The first-order chi connectivity index (χ1) is 9.49. The fourth-order valence-corrected chi connectivity index (χ4v) is 1.72. The second-order valence-corrected chi connectivity index (χ2v) is 4.26. The molecule has 0 radical (unpaired) electrons. The first-order valence-electron chi connectivity index (χ1n) is 5.47. The molecule has 1 aromatic carbocycles. The van der Waals surface area contributed by atoms with Crippen molar-refractivity contribution in [2.45, 2.75) is 0 Å². The van der Waals surface area contributed by atoms with E-state index in [1.807, 2.05) is 0 Å². The molecule has 0 unspecified atom stereocenters. The number of aromatic hydroxyl groups is 1. The number of nitrogens with one attached hydrogen (secondary N) is 1. The average Bonchev–Trinajstić information content (AvgIpc) is 2.38. The molecule has 102 valence electrons. The number of carbonyl (C=O) groups is 2. The SMILES string of the molecule is O=C(Nc1ncccc1C(=O)O)c1ccc(Cl)cc1O. The number of carbonyl (C=O) groups excluding carboxylic acids is 1. The number of phenolic OH excluding ortho intramolecular Hbond substituents is 1. The molecule has 0 aliphatic carbocycles. The predicted octanol–water partition coefficient (Wildman–Crippen LogP) is 2.39. The fourth-order valence-electron chi connectivity index (χ4n) is 1.55. The van der Waals surface area contributed by atoms with Gasteiger partial charge < -0.3 is 15.5 Å².